The molecule has 110 valence electrons. The van der Waals surface area contributed by atoms with Gasteiger partial charge in [-0.15, -0.1) is 12.4 Å². The van der Waals surface area contributed by atoms with Crippen LogP contribution >= 0.6 is 12.4 Å². The molecule has 3 fully saturated rings. The zero-order valence-electron chi connectivity index (χ0n) is 11.9. The summed E-state index contributed by atoms with van der Waals surface area (Å²) in [6.45, 7) is 4.26. The lowest BCUT2D eigenvalue weighted by Crippen LogP contribution is -2.48. The Balaban J connectivity index is 0.00000133. The number of amides is 1. The molecule has 4 heteroatoms. The van der Waals surface area contributed by atoms with Gasteiger partial charge in [0.05, 0.1) is 6.04 Å². The molecule has 0 aromatic rings. The Hall–Kier alpha value is -0.280. The van der Waals surface area contributed by atoms with Crippen molar-refractivity contribution in [1.29, 1.82) is 0 Å². The molecule has 1 amide bonds. The van der Waals surface area contributed by atoms with E-state index in [1.54, 1.807) is 0 Å². The number of piperidine rings is 1. The van der Waals surface area contributed by atoms with Crippen LogP contribution in [0.1, 0.15) is 51.9 Å². The third kappa shape index (κ3) is 3.25. The molecule has 0 aromatic carbocycles. The van der Waals surface area contributed by atoms with Crippen molar-refractivity contribution in [3.8, 4) is 0 Å². The summed E-state index contributed by atoms with van der Waals surface area (Å²) >= 11 is 0. The van der Waals surface area contributed by atoms with E-state index >= 15 is 0 Å². The molecule has 2 heterocycles. The van der Waals surface area contributed by atoms with Crippen molar-refractivity contribution in [3.05, 3.63) is 0 Å². The minimum absolute atomic E-state index is 0. The van der Waals surface area contributed by atoms with Crippen molar-refractivity contribution < 1.29 is 4.79 Å². The number of likely N-dealkylation sites (tertiary alicyclic amines) is 1. The fraction of sp³-hybridized carbons (Fsp3) is 0.933. The van der Waals surface area contributed by atoms with Crippen molar-refractivity contribution in [2.24, 2.45) is 11.8 Å². The largest absolute Gasteiger partial charge is 0.341 e. The summed E-state index contributed by atoms with van der Waals surface area (Å²) < 4.78 is 0. The number of nitrogens with zero attached hydrogens (tertiary/aromatic N) is 1. The first-order valence-corrected chi connectivity index (χ1v) is 7.79. The van der Waals surface area contributed by atoms with Crippen molar-refractivity contribution in [2.45, 2.75) is 64.0 Å². The number of hydrogen-bond acceptors (Lipinski definition) is 2. The topological polar surface area (TPSA) is 32.3 Å². The smallest absolute Gasteiger partial charge is 0.239 e. The summed E-state index contributed by atoms with van der Waals surface area (Å²) in [4.78, 5) is 14.6. The molecular weight excluding hydrogens is 260 g/mol. The van der Waals surface area contributed by atoms with Gasteiger partial charge in [0.1, 0.15) is 0 Å². The Bertz CT molecular complexity index is 301. The van der Waals surface area contributed by atoms with Crippen LogP contribution in [0.3, 0.4) is 0 Å². The summed E-state index contributed by atoms with van der Waals surface area (Å²) in [5.74, 6) is 1.96. The molecule has 0 aromatic heterocycles. The molecule has 3 nitrogen and oxygen atoms in total. The molecule has 3 atom stereocenters. The molecule has 0 radical (unpaired) electrons. The highest BCUT2D eigenvalue weighted by Crippen LogP contribution is 2.34. The molecule has 2 saturated heterocycles. The third-order valence-corrected chi connectivity index (χ3v) is 5.26. The number of halogens is 1. The van der Waals surface area contributed by atoms with Crippen molar-refractivity contribution >= 4 is 18.3 Å². The fourth-order valence-electron chi connectivity index (χ4n) is 3.96. The number of nitrogens with one attached hydrogen (secondary N) is 1. The molecule has 3 unspecified atom stereocenters. The van der Waals surface area contributed by atoms with E-state index in [9.17, 15) is 4.79 Å². The highest BCUT2D eigenvalue weighted by molar-refractivity contribution is 5.85. The molecule has 1 N–H and O–H groups in total. The summed E-state index contributed by atoms with van der Waals surface area (Å²) in [6.07, 6.45) is 8.79. The normalized spacial score (nSPS) is 35.6. The van der Waals surface area contributed by atoms with Crippen LogP contribution in [0.5, 0.6) is 0 Å². The van der Waals surface area contributed by atoms with E-state index in [0.717, 1.165) is 31.3 Å². The van der Waals surface area contributed by atoms with Gasteiger partial charge in [-0.3, -0.25) is 4.79 Å². The van der Waals surface area contributed by atoms with E-state index in [0.29, 0.717) is 11.9 Å². The zero-order chi connectivity index (χ0) is 12.5. The zero-order valence-corrected chi connectivity index (χ0v) is 12.8. The van der Waals surface area contributed by atoms with Gasteiger partial charge in [-0.05, 0) is 43.9 Å². The summed E-state index contributed by atoms with van der Waals surface area (Å²) in [7, 11) is 0. The first-order valence-electron chi connectivity index (χ1n) is 7.79. The Morgan fingerprint density at radius 1 is 1.11 bits per heavy atom. The van der Waals surface area contributed by atoms with Crippen LogP contribution in [0.25, 0.3) is 0 Å². The van der Waals surface area contributed by atoms with Crippen LogP contribution in [-0.2, 0) is 4.79 Å². The highest BCUT2D eigenvalue weighted by Gasteiger charge is 2.39. The lowest BCUT2D eigenvalue weighted by Gasteiger charge is -2.32. The maximum atomic E-state index is 12.5. The SMILES string of the molecule is CC1CCN(C(=O)C2CC3CCCCC3N2)CC1.Cl. The van der Waals surface area contributed by atoms with E-state index in [1.807, 2.05) is 0 Å². The molecule has 0 spiro atoms. The minimum Gasteiger partial charge on any atom is -0.341 e. The summed E-state index contributed by atoms with van der Waals surface area (Å²) in [5.41, 5.74) is 0. The average Bonchev–Trinajstić information content (AvgIpc) is 2.82. The highest BCUT2D eigenvalue weighted by atomic mass is 35.5. The van der Waals surface area contributed by atoms with E-state index in [2.05, 4.69) is 17.1 Å². The molecule has 3 rings (SSSR count). The van der Waals surface area contributed by atoms with Gasteiger partial charge in [0.15, 0.2) is 0 Å². The van der Waals surface area contributed by atoms with Crippen LogP contribution in [0, 0.1) is 11.8 Å². The van der Waals surface area contributed by atoms with Crippen molar-refractivity contribution in [1.82, 2.24) is 10.2 Å². The predicted molar refractivity (Wildman–Crippen MR) is 79.5 cm³/mol. The lowest BCUT2D eigenvalue weighted by atomic mass is 9.85. The first-order chi connectivity index (χ1) is 8.74. The molecule has 3 aliphatic rings. The van der Waals surface area contributed by atoms with E-state index in [-0.39, 0.29) is 18.4 Å². The molecule has 2 aliphatic heterocycles. The van der Waals surface area contributed by atoms with Gasteiger partial charge < -0.3 is 10.2 Å². The van der Waals surface area contributed by atoms with Crippen LogP contribution < -0.4 is 5.32 Å². The van der Waals surface area contributed by atoms with Gasteiger partial charge in [-0.25, -0.2) is 0 Å². The van der Waals surface area contributed by atoms with Crippen molar-refractivity contribution in [3.63, 3.8) is 0 Å². The van der Waals surface area contributed by atoms with Crippen LogP contribution in [0.4, 0.5) is 0 Å². The standard InChI is InChI=1S/C15H26N2O.ClH/c1-11-6-8-17(9-7-11)15(18)14-10-12-4-2-3-5-13(12)16-14;/h11-14,16H,2-10H2,1H3;1H. The Labute approximate surface area is 122 Å². The number of carbonyl (C=O) groups excluding carboxylic acids is 1. The second-order valence-corrected chi connectivity index (χ2v) is 6.61. The third-order valence-electron chi connectivity index (χ3n) is 5.26. The lowest BCUT2D eigenvalue weighted by molar-refractivity contribution is -0.134. The number of fused-ring (bicyclic) bond motifs is 1. The maximum Gasteiger partial charge on any atom is 0.239 e. The van der Waals surface area contributed by atoms with E-state index < -0.39 is 0 Å². The summed E-state index contributed by atoms with van der Waals surface area (Å²) in [5, 5.41) is 3.61. The molecule has 1 aliphatic carbocycles. The second-order valence-electron chi connectivity index (χ2n) is 6.61. The van der Waals surface area contributed by atoms with Crippen LogP contribution in [0.15, 0.2) is 0 Å². The van der Waals surface area contributed by atoms with Crippen molar-refractivity contribution in [2.75, 3.05) is 13.1 Å². The Morgan fingerprint density at radius 2 is 1.79 bits per heavy atom. The van der Waals surface area contributed by atoms with Gasteiger partial charge in [-0.1, -0.05) is 19.8 Å². The van der Waals surface area contributed by atoms with E-state index in [1.165, 1.54) is 38.5 Å². The predicted octanol–water partition coefficient (Wildman–Crippen LogP) is 2.59. The first kappa shape index (κ1) is 15.1. The van der Waals surface area contributed by atoms with Gasteiger partial charge in [-0.2, -0.15) is 0 Å². The van der Waals surface area contributed by atoms with Gasteiger partial charge in [0.2, 0.25) is 5.91 Å². The second kappa shape index (κ2) is 6.45. The number of rotatable bonds is 1. The van der Waals surface area contributed by atoms with Gasteiger partial charge in [0, 0.05) is 19.1 Å². The number of hydrogen-bond donors (Lipinski definition) is 1. The Kier molecular flexibility index (Phi) is 5.13. The minimum atomic E-state index is 0. The molecule has 1 saturated carbocycles. The fourth-order valence-corrected chi connectivity index (χ4v) is 3.96. The summed E-state index contributed by atoms with van der Waals surface area (Å²) in [6, 6.07) is 0.767. The van der Waals surface area contributed by atoms with Gasteiger partial charge >= 0.3 is 0 Å². The monoisotopic (exact) mass is 286 g/mol. The van der Waals surface area contributed by atoms with Crippen LogP contribution in [-0.4, -0.2) is 36.0 Å². The number of carbonyl (C=O) groups is 1. The van der Waals surface area contributed by atoms with E-state index in [4.69, 9.17) is 0 Å². The molecule has 19 heavy (non-hydrogen) atoms. The quantitative estimate of drug-likeness (QED) is 0.804. The molecular formula is C15H27ClN2O. The van der Waals surface area contributed by atoms with Crippen LogP contribution in [0.2, 0.25) is 0 Å². The Morgan fingerprint density at radius 3 is 2.47 bits per heavy atom. The average molecular weight is 287 g/mol. The molecule has 0 bridgehead atoms. The van der Waals surface area contributed by atoms with Gasteiger partial charge in [0.25, 0.3) is 0 Å². The maximum absolute atomic E-state index is 12.5.